The van der Waals surface area contributed by atoms with Crippen molar-refractivity contribution in [2.75, 3.05) is 11.1 Å². The number of hydrogen-bond acceptors (Lipinski definition) is 6. The molecule has 114 valence electrons. The van der Waals surface area contributed by atoms with Crippen molar-refractivity contribution in [1.82, 2.24) is 24.7 Å². The number of aromatic nitrogens is 5. The maximum atomic E-state index is 5.74. The van der Waals surface area contributed by atoms with Crippen LogP contribution in [0.4, 0.5) is 11.9 Å². The number of anilines is 2. The minimum absolute atomic E-state index is 0.191. The molecule has 21 heavy (non-hydrogen) atoms. The quantitative estimate of drug-likeness (QED) is 0.725. The molecule has 0 bridgehead atoms. The SMILES string of the molecule is CCCCCCC(C)Nc1nc(N)nc(-n2cccn2)n1. The maximum absolute atomic E-state index is 5.74. The van der Waals surface area contributed by atoms with Gasteiger partial charge in [-0.05, 0) is 19.4 Å². The van der Waals surface area contributed by atoms with Gasteiger partial charge in [0.25, 0.3) is 5.95 Å². The number of unbranched alkanes of at least 4 members (excludes halogenated alkanes) is 3. The molecule has 0 amide bonds. The number of nitrogens with one attached hydrogen (secondary N) is 1. The number of nitrogens with two attached hydrogens (primary N) is 1. The van der Waals surface area contributed by atoms with Crippen molar-refractivity contribution in [2.45, 2.75) is 52.0 Å². The molecule has 2 heterocycles. The predicted octanol–water partition coefficient (Wildman–Crippen LogP) is 2.41. The maximum Gasteiger partial charge on any atom is 0.257 e. The van der Waals surface area contributed by atoms with Crippen LogP contribution in [0.3, 0.4) is 0 Å². The molecule has 0 spiro atoms. The van der Waals surface area contributed by atoms with E-state index < -0.39 is 0 Å². The van der Waals surface area contributed by atoms with Gasteiger partial charge in [-0.1, -0.05) is 32.6 Å². The highest BCUT2D eigenvalue weighted by atomic mass is 15.4. The zero-order valence-electron chi connectivity index (χ0n) is 12.7. The van der Waals surface area contributed by atoms with E-state index in [9.17, 15) is 0 Å². The molecule has 1 atom stereocenters. The van der Waals surface area contributed by atoms with Crippen LogP contribution in [-0.2, 0) is 0 Å². The second-order valence-electron chi connectivity index (χ2n) is 5.16. The van der Waals surface area contributed by atoms with Crippen LogP contribution in [0.2, 0.25) is 0 Å². The Labute approximate surface area is 125 Å². The third-order valence-electron chi connectivity index (χ3n) is 3.22. The van der Waals surface area contributed by atoms with Crippen LogP contribution in [0.5, 0.6) is 0 Å². The number of nitrogen functional groups attached to an aromatic ring is 1. The van der Waals surface area contributed by atoms with Crippen molar-refractivity contribution >= 4 is 11.9 Å². The van der Waals surface area contributed by atoms with Gasteiger partial charge in [0, 0.05) is 18.4 Å². The summed E-state index contributed by atoms with van der Waals surface area (Å²) in [5.41, 5.74) is 5.74. The Bertz CT molecular complexity index is 538. The standard InChI is InChI=1S/C14H23N7/c1-3-4-5-6-8-11(2)17-13-18-12(15)19-14(20-13)21-10-7-9-16-21/h7,9-11H,3-6,8H2,1-2H3,(H3,15,17,18,19,20). The molecule has 2 aromatic heterocycles. The van der Waals surface area contributed by atoms with E-state index in [0.717, 1.165) is 6.42 Å². The summed E-state index contributed by atoms with van der Waals surface area (Å²) < 4.78 is 1.56. The average molecular weight is 289 g/mol. The van der Waals surface area contributed by atoms with Gasteiger partial charge in [0.1, 0.15) is 0 Å². The van der Waals surface area contributed by atoms with Crippen LogP contribution in [0.15, 0.2) is 18.5 Å². The highest BCUT2D eigenvalue weighted by Crippen LogP contribution is 2.11. The second kappa shape index (κ2) is 7.56. The first-order valence-electron chi connectivity index (χ1n) is 7.47. The van der Waals surface area contributed by atoms with Crippen LogP contribution < -0.4 is 11.1 Å². The van der Waals surface area contributed by atoms with E-state index in [1.165, 1.54) is 25.7 Å². The minimum Gasteiger partial charge on any atom is -0.368 e. The lowest BCUT2D eigenvalue weighted by Gasteiger charge is -2.14. The van der Waals surface area contributed by atoms with Gasteiger partial charge in [-0.3, -0.25) is 0 Å². The third kappa shape index (κ3) is 4.70. The Morgan fingerprint density at radius 3 is 2.81 bits per heavy atom. The summed E-state index contributed by atoms with van der Waals surface area (Å²) in [5.74, 6) is 1.11. The lowest BCUT2D eigenvalue weighted by molar-refractivity contribution is 0.591. The van der Waals surface area contributed by atoms with Gasteiger partial charge in [-0.15, -0.1) is 0 Å². The molecule has 3 N–H and O–H groups in total. The van der Waals surface area contributed by atoms with Gasteiger partial charge < -0.3 is 11.1 Å². The summed E-state index contributed by atoms with van der Waals surface area (Å²) in [6.07, 6.45) is 9.53. The van der Waals surface area contributed by atoms with Gasteiger partial charge in [-0.25, -0.2) is 4.68 Å². The van der Waals surface area contributed by atoms with Crippen molar-refractivity contribution in [3.05, 3.63) is 18.5 Å². The van der Waals surface area contributed by atoms with E-state index in [2.05, 4.69) is 39.2 Å². The lowest BCUT2D eigenvalue weighted by Crippen LogP contribution is -2.19. The molecule has 0 aliphatic carbocycles. The molecule has 0 aliphatic rings. The van der Waals surface area contributed by atoms with E-state index >= 15 is 0 Å². The largest absolute Gasteiger partial charge is 0.368 e. The molecule has 0 fully saturated rings. The first-order chi connectivity index (χ1) is 10.2. The van der Waals surface area contributed by atoms with Crippen LogP contribution in [0.1, 0.15) is 46.0 Å². The van der Waals surface area contributed by atoms with Crippen molar-refractivity contribution in [3.63, 3.8) is 0 Å². The Kier molecular flexibility index (Phi) is 5.48. The summed E-state index contributed by atoms with van der Waals surface area (Å²) in [6.45, 7) is 4.34. The van der Waals surface area contributed by atoms with Crippen LogP contribution in [0, 0.1) is 0 Å². The number of nitrogens with zero attached hydrogens (tertiary/aromatic N) is 5. The summed E-state index contributed by atoms with van der Waals surface area (Å²) in [7, 11) is 0. The molecule has 0 saturated heterocycles. The van der Waals surface area contributed by atoms with E-state index in [1.807, 2.05) is 6.07 Å². The molecule has 0 radical (unpaired) electrons. The van der Waals surface area contributed by atoms with Crippen molar-refractivity contribution in [1.29, 1.82) is 0 Å². The normalized spacial score (nSPS) is 12.3. The Morgan fingerprint density at radius 1 is 1.24 bits per heavy atom. The zero-order valence-corrected chi connectivity index (χ0v) is 12.7. The monoisotopic (exact) mass is 289 g/mol. The van der Waals surface area contributed by atoms with Gasteiger partial charge in [-0.2, -0.15) is 20.1 Å². The molecule has 0 aliphatic heterocycles. The molecule has 7 nitrogen and oxygen atoms in total. The Morgan fingerprint density at radius 2 is 2.10 bits per heavy atom. The average Bonchev–Trinajstić information content (AvgIpc) is 2.97. The molecular formula is C14H23N7. The van der Waals surface area contributed by atoms with E-state index in [-0.39, 0.29) is 5.95 Å². The Balaban J connectivity index is 1.97. The fraction of sp³-hybridized carbons (Fsp3) is 0.571. The molecular weight excluding hydrogens is 266 g/mol. The first-order valence-corrected chi connectivity index (χ1v) is 7.47. The van der Waals surface area contributed by atoms with Gasteiger partial charge in [0.15, 0.2) is 0 Å². The summed E-state index contributed by atoms with van der Waals surface area (Å²) in [4.78, 5) is 12.6. The Hall–Kier alpha value is -2.18. The van der Waals surface area contributed by atoms with Crippen molar-refractivity contribution in [2.24, 2.45) is 0 Å². The topological polar surface area (TPSA) is 94.5 Å². The highest BCUT2D eigenvalue weighted by molar-refractivity contribution is 5.35. The summed E-state index contributed by atoms with van der Waals surface area (Å²) >= 11 is 0. The number of rotatable bonds is 8. The fourth-order valence-corrected chi connectivity index (χ4v) is 2.10. The summed E-state index contributed by atoms with van der Waals surface area (Å²) in [5, 5.41) is 7.38. The molecule has 0 aromatic carbocycles. The molecule has 7 heteroatoms. The molecule has 2 aromatic rings. The highest BCUT2D eigenvalue weighted by Gasteiger charge is 2.09. The third-order valence-corrected chi connectivity index (χ3v) is 3.22. The predicted molar refractivity (Wildman–Crippen MR) is 83.2 cm³/mol. The van der Waals surface area contributed by atoms with Gasteiger partial charge >= 0.3 is 0 Å². The van der Waals surface area contributed by atoms with Crippen molar-refractivity contribution in [3.8, 4) is 5.95 Å². The van der Waals surface area contributed by atoms with Crippen LogP contribution in [-0.4, -0.2) is 30.8 Å². The summed E-state index contributed by atoms with van der Waals surface area (Å²) in [6, 6.07) is 2.11. The van der Waals surface area contributed by atoms with Gasteiger partial charge in [0.2, 0.25) is 11.9 Å². The smallest absolute Gasteiger partial charge is 0.257 e. The van der Waals surface area contributed by atoms with E-state index in [1.54, 1.807) is 17.1 Å². The molecule has 0 saturated carbocycles. The van der Waals surface area contributed by atoms with E-state index in [0.29, 0.717) is 17.9 Å². The molecule has 2 rings (SSSR count). The van der Waals surface area contributed by atoms with Crippen LogP contribution >= 0.6 is 0 Å². The van der Waals surface area contributed by atoms with E-state index in [4.69, 9.17) is 5.73 Å². The lowest BCUT2D eigenvalue weighted by atomic mass is 10.1. The first kappa shape index (κ1) is 15.2. The second-order valence-corrected chi connectivity index (χ2v) is 5.16. The zero-order chi connectivity index (χ0) is 15.1. The molecule has 1 unspecified atom stereocenters. The van der Waals surface area contributed by atoms with Crippen LogP contribution in [0.25, 0.3) is 5.95 Å². The van der Waals surface area contributed by atoms with Crippen molar-refractivity contribution < 1.29 is 0 Å². The number of hydrogen-bond donors (Lipinski definition) is 2. The van der Waals surface area contributed by atoms with Gasteiger partial charge in [0.05, 0.1) is 0 Å². The fourth-order valence-electron chi connectivity index (χ4n) is 2.10. The minimum atomic E-state index is 0.191.